The van der Waals surface area contributed by atoms with Gasteiger partial charge in [-0.3, -0.25) is 10.1 Å². The summed E-state index contributed by atoms with van der Waals surface area (Å²) in [5, 5.41) is 11.4. The van der Waals surface area contributed by atoms with Crippen LogP contribution in [0.3, 0.4) is 0 Å². The first kappa shape index (κ1) is 17.7. The van der Waals surface area contributed by atoms with Crippen LogP contribution in [-0.4, -0.2) is 23.6 Å². The molecule has 6 nitrogen and oxygen atoms in total. The van der Waals surface area contributed by atoms with Gasteiger partial charge in [0, 0.05) is 12.1 Å². The summed E-state index contributed by atoms with van der Waals surface area (Å²) < 4.78 is 35.2. The van der Waals surface area contributed by atoms with Crippen LogP contribution < -0.4 is 9.47 Å². The molecule has 0 saturated carbocycles. The number of rotatable bonds is 6. The van der Waals surface area contributed by atoms with Gasteiger partial charge in [-0.15, -0.1) is 11.3 Å². The molecule has 0 aliphatic rings. The van der Waals surface area contributed by atoms with Crippen LogP contribution in [0.25, 0.3) is 22.4 Å². The second kappa shape index (κ2) is 7.44. The Hall–Kier alpha value is -3.07. The van der Waals surface area contributed by atoms with Crippen LogP contribution in [0.15, 0.2) is 36.4 Å². The zero-order valence-electron chi connectivity index (χ0n) is 13.4. The fourth-order valence-electron chi connectivity index (χ4n) is 2.27. The lowest BCUT2D eigenvalue weighted by atomic mass is 10.2. The van der Waals surface area contributed by atoms with Crippen LogP contribution in [0.2, 0.25) is 0 Å². The number of thiazole rings is 1. The monoisotopic (exact) mass is 378 g/mol. The van der Waals surface area contributed by atoms with Crippen LogP contribution in [0.5, 0.6) is 11.5 Å². The van der Waals surface area contributed by atoms with Crippen LogP contribution in [0, 0.1) is 10.1 Å². The van der Waals surface area contributed by atoms with Gasteiger partial charge in [0.25, 0.3) is 5.69 Å². The summed E-state index contributed by atoms with van der Waals surface area (Å²) in [6.07, 6.45) is 3.38. The highest BCUT2D eigenvalue weighted by molar-refractivity contribution is 7.19. The lowest BCUT2D eigenvalue weighted by Crippen LogP contribution is -2.03. The Morgan fingerprint density at radius 3 is 2.69 bits per heavy atom. The van der Waals surface area contributed by atoms with Gasteiger partial charge < -0.3 is 9.47 Å². The number of hydrogen-bond donors (Lipinski definition) is 0. The van der Waals surface area contributed by atoms with Crippen molar-refractivity contribution >= 4 is 39.4 Å². The van der Waals surface area contributed by atoms with Gasteiger partial charge in [-0.05, 0) is 29.8 Å². The third-order valence-electron chi connectivity index (χ3n) is 3.42. The van der Waals surface area contributed by atoms with Gasteiger partial charge in [-0.25, -0.2) is 4.98 Å². The summed E-state index contributed by atoms with van der Waals surface area (Å²) in [5.41, 5.74) is 1.12. The van der Waals surface area contributed by atoms with Crippen molar-refractivity contribution in [2.24, 2.45) is 0 Å². The summed E-state index contributed by atoms with van der Waals surface area (Å²) in [7, 11) is 1.36. The van der Waals surface area contributed by atoms with Gasteiger partial charge in [-0.1, -0.05) is 12.1 Å². The molecule has 134 valence electrons. The van der Waals surface area contributed by atoms with E-state index in [1.54, 1.807) is 24.3 Å². The van der Waals surface area contributed by atoms with E-state index in [1.807, 2.05) is 0 Å². The minimum absolute atomic E-state index is 0.0257. The molecule has 1 heterocycles. The molecule has 1 aromatic heterocycles. The number of nitro benzene ring substituents is 1. The van der Waals surface area contributed by atoms with Crippen LogP contribution >= 0.6 is 11.3 Å². The summed E-state index contributed by atoms with van der Waals surface area (Å²) in [6.45, 7) is -2.96. The molecule has 0 bridgehead atoms. The molecule has 3 aromatic rings. The van der Waals surface area contributed by atoms with Gasteiger partial charge in [0.2, 0.25) is 0 Å². The third kappa shape index (κ3) is 3.94. The van der Waals surface area contributed by atoms with E-state index in [4.69, 9.17) is 4.74 Å². The molecule has 9 heteroatoms. The zero-order chi connectivity index (χ0) is 18.7. The van der Waals surface area contributed by atoms with E-state index < -0.39 is 11.5 Å². The smallest absolute Gasteiger partial charge is 0.387 e. The van der Waals surface area contributed by atoms with E-state index in [1.165, 1.54) is 42.7 Å². The van der Waals surface area contributed by atoms with Crippen LogP contribution in [0.4, 0.5) is 14.5 Å². The number of benzene rings is 2. The molecule has 0 saturated heterocycles. The normalized spacial score (nSPS) is 11.4. The number of hydrogen-bond acceptors (Lipinski definition) is 6. The van der Waals surface area contributed by atoms with E-state index >= 15 is 0 Å². The van der Waals surface area contributed by atoms with Crippen molar-refractivity contribution in [3.05, 3.63) is 57.1 Å². The molecule has 26 heavy (non-hydrogen) atoms. The highest BCUT2D eigenvalue weighted by Gasteiger charge is 2.11. The number of nitrogens with zero attached hydrogens (tertiary/aromatic N) is 2. The molecule has 0 radical (unpaired) electrons. The van der Waals surface area contributed by atoms with E-state index in [2.05, 4.69) is 9.72 Å². The van der Waals surface area contributed by atoms with E-state index in [-0.39, 0.29) is 17.2 Å². The predicted molar refractivity (Wildman–Crippen MR) is 94.8 cm³/mol. The molecule has 0 amide bonds. The Kier molecular flexibility index (Phi) is 5.08. The van der Waals surface area contributed by atoms with Crippen molar-refractivity contribution in [3.63, 3.8) is 0 Å². The molecule has 0 aliphatic heterocycles. The van der Waals surface area contributed by atoms with Gasteiger partial charge in [-0.2, -0.15) is 8.78 Å². The molecule has 3 rings (SSSR count). The fourth-order valence-corrected chi connectivity index (χ4v) is 3.12. The lowest BCUT2D eigenvalue weighted by Gasteiger charge is -2.10. The Morgan fingerprint density at radius 2 is 2.00 bits per heavy atom. The van der Waals surface area contributed by atoms with Crippen molar-refractivity contribution in [1.82, 2.24) is 4.98 Å². The molecular formula is C17H12F2N2O4S. The van der Waals surface area contributed by atoms with Gasteiger partial charge >= 0.3 is 6.61 Å². The molecule has 0 spiro atoms. The van der Waals surface area contributed by atoms with Crippen molar-refractivity contribution in [2.45, 2.75) is 6.61 Å². The van der Waals surface area contributed by atoms with Gasteiger partial charge in [0.1, 0.15) is 5.01 Å². The highest BCUT2D eigenvalue weighted by Crippen LogP contribution is 2.31. The second-order valence-electron chi connectivity index (χ2n) is 5.08. The molecule has 0 fully saturated rings. The minimum atomic E-state index is -2.96. The molecule has 2 aromatic carbocycles. The SMILES string of the molecule is COc1ccc(/C=C/c2nc3cc([N+](=O)[O-])ccc3s2)cc1OC(F)F. The third-order valence-corrected chi connectivity index (χ3v) is 4.42. The summed E-state index contributed by atoms with van der Waals surface area (Å²) >= 11 is 1.36. The van der Waals surface area contributed by atoms with Crippen molar-refractivity contribution in [3.8, 4) is 11.5 Å². The average molecular weight is 378 g/mol. The first-order valence-corrected chi connectivity index (χ1v) is 8.14. The number of fused-ring (bicyclic) bond motifs is 1. The Balaban J connectivity index is 1.87. The molecule has 0 aliphatic carbocycles. The first-order chi connectivity index (χ1) is 12.5. The largest absolute Gasteiger partial charge is 0.493 e. The maximum atomic E-state index is 12.5. The fraction of sp³-hybridized carbons (Fsp3) is 0.118. The summed E-state index contributed by atoms with van der Waals surface area (Å²) in [4.78, 5) is 14.7. The molecule has 0 N–H and O–H groups in total. The molecule has 0 atom stereocenters. The maximum Gasteiger partial charge on any atom is 0.387 e. The number of nitro groups is 1. The quantitative estimate of drug-likeness (QED) is 0.446. The number of halogens is 2. The van der Waals surface area contributed by atoms with Crippen molar-refractivity contribution in [1.29, 1.82) is 0 Å². The van der Waals surface area contributed by atoms with E-state index in [9.17, 15) is 18.9 Å². The minimum Gasteiger partial charge on any atom is -0.493 e. The van der Waals surface area contributed by atoms with Gasteiger partial charge in [0.15, 0.2) is 11.5 Å². The molecular weight excluding hydrogens is 366 g/mol. The van der Waals surface area contributed by atoms with Crippen LogP contribution in [0.1, 0.15) is 10.6 Å². The standard InChI is InChI=1S/C17H12F2N2O4S/c1-24-13-5-2-10(8-14(13)25-17(18)19)3-7-16-20-12-9-11(21(22)23)4-6-15(12)26-16/h2-9,17H,1H3/b7-3+. The topological polar surface area (TPSA) is 74.5 Å². The second-order valence-corrected chi connectivity index (χ2v) is 6.15. The van der Waals surface area contributed by atoms with E-state index in [0.717, 1.165) is 4.70 Å². The average Bonchev–Trinajstić information content (AvgIpc) is 3.01. The molecule has 0 unspecified atom stereocenters. The van der Waals surface area contributed by atoms with Crippen molar-refractivity contribution in [2.75, 3.05) is 7.11 Å². The number of aromatic nitrogens is 1. The number of methoxy groups -OCH3 is 1. The maximum absolute atomic E-state index is 12.5. The summed E-state index contributed by atoms with van der Waals surface area (Å²) in [5.74, 6) is 0.138. The number of ether oxygens (including phenoxy) is 2. The highest BCUT2D eigenvalue weighted by atomic mass is 32.1. The summed E-state index contributed by atoms with van der Waals surface area (Å²) in [6, 6.07) is 9.12. The Morgan fingerprint density at radius 1 is 1.19 bits per heavy atom. The van der Waals surface area contributed by atoms with Crippen LogP contribution in [-0.2, 0) is 0 Å². The lowest BCUT2D eigenvalue weighted by molar-refractivity contribution is -0.384. The Labute approximate surface area is 150 Å². The number of alkyl halides is 2. The first-order valence-electron chi connectivity index (χ1n) is 7.32. The zero-order valence-corrected chi connectivity index (χ0v) is 14.2. The van der Waals surface area contributed by atoms with E-state index in [0.29, 0.717) is 16.1 Å². The van der Waals surface area contributed by atoms with Gasteiger partial charge in [0.05, 0.1) is 22.2 Å². The number of non-ortho nitro benzene ring substituents is 1. The van der Waals surface area contributed by atoms with Crippen molar-refractivity contribution < 1.29 is 23.2 Å². The Bertz CT molecular complexity index is 988. The predicted octanol–water partition coefficient (Wildman–Crippen LogP) is 4.98.